The Morgan fingerprint density at radius 3 is 1.19 bits per heavy atom. The quantitative estimate of drug-likeness (QED) is 0.287. The lowest BCUT2D eigenvalue weighted by Gasteiger charge is -2.18. The van der Waals surface area contributed by atoms with Crippen LogP contribution in [0.4, 0.5) is 0 Å². The fourth-order valence-electron chi connectivity index (χ4n) is 3.73. The van der Waals surface area contributed by atoms with Gasteiger partial charge in [0.25, 0.3) is 0 Å². The molecular weight excluding hydrogens is 414 g/mol. The summed E-state index contributed by atoms with van der Waals surface area (Å²) in [5.74, 6) is -0.543. The number of carbonyl (C=O) groups is 4. The second kappa shape index (κ2) is 10.4. The molecule has 0 aromatic heterocycles. The van der Waals surface area contributed by atoms with Gasteiger partial charge in [0.1, 0.15) is 4.91 Å². The molecule has 2 aliphatic carbocycles. The highest BCUT2D eigenvalue weighted by atomic mass is 17.0. The van der Waals surface area contributed by atoms with E-state index in [2.05, 4.69) is 0 Å². The van der Waals surface area contributed by atoms with Crippen LogP contribution < -0.4 is 0 Å². The molecule has 0 N–H and O–H groups in total. The van der Waals surface area contributed by atoms with Crippen LogP contribution in [0.3, 0.4) is 0 Å². The largest absolute Gasteiger partial charge is 0.477 e. The van der Waals surface area contributed by atoms with Crippen LogP contribution in [0.2, 0.25) is 0 Å². The van der Waals surface area contributed by atoms with E-state index in [4.69, 9.17) is 9.68 Å². The van der Waals surface area contributed by atoms with Crippen molar-refractivity contribution < 1.29 is 33.9 Å². The lowest BCUT2D eigenvalue weighted by Crippen LogP contribution is -2.21. The van der Waals surface area contributed by atoms with Crippen LogP contribution in [-0.2, 0) is 28.9 Å². The first kappa shape index (κ1) is 25.1. The monoisotopic (exact) mass is 444 g/mol. The van der Waals surface area contributed by atoms with E-state index in [1.54, 1.807) is 41.5 Å². The standard InChI is InChI=1S/C24H30NO7/c1-13-15(3)23(28)19(17(5)21(13)26)9-7-11-31-25(30)32-12-8-10-20-18(6)22(27)14(2)16(4)24(20)29/h7-12H2,1-6H3/q+1. The number of rotatable bonds is 10. The van der Waals surface area contributed by atoms with E-state index in [1.807, 2.05) is 0 Å². The van der Waals surface area contributed by atoms with E-state index in [0.717, 1.165) is 0 Å². The fourth-order valence-corrected chi connectivity index (χ4v) is 3.73. The van der Waals surface area contributed by atoms with Crippen molar-refractivity contribution in [3.63, 3.8) is 0 Å². The van der Waals surface area contributed by atoms with Gasteiger partial charge in [-0.1, -0.05) is 0 Å². The summed E-state index contributed by atoms with van der Waals surface area (Å²) >= 11 is 0. The molecule has 0 aliphatic heterocycles. The minimum absolute atomic E-state index is 0.00870. The van der Waals surface area contributed by atoms with Gasteiger partial charge >= 0.3 is 5.09 Å². The van der Waals surface area contributed by atoms with Gasteiger partial charge in [-0.2, -0.15) is 9.68 Å². The van der Waals surface area contributed by atoms with Gasteiger partial charge in [0.05, 0.1) is 0 Å². The Bertz CT molecular complexity index is 941. The number of Topliss-reactive ketones (excluding diaryl/α,β-unsaturated/α-hetero) is 4. The van der Waals surface area contributed by atoms with Crippen molar-refractivity contribution in [1.82, 2.24) is 0 Å². The van der Waals surface area contributed by atoms with E-state index in [-0.39, 0.29) is 41.4 Å². The second-order valence-corrected chi connectivity index (χ2v) is 8.12. The smallest absolute Gasteiger partial charge is 0.289 e. The van der Waals surface area contributed by atoms with Crippen LogP contribution in [0.15, 0.2) is 44.6 Å². The molecule has 2 aliphatic rings. The zero-order valence-electron chi connectivity index (χ0n) is 19.5. The van der Waals surface area contributed by atoms with Crippen LogP contribution in [0.1, 0.15) is 67.2 Å². The molecular formula is C24H30NO7+. The molecule has 0 spiro atoms. The first-order chi connectivity index (χ1) is 15.0. The summed E-state index contributed by atoms with van der Waals surface area (Å²) in [5.41, 5.74) is 3.63. The number of allylic oxidation sites excluding steroid dienone is 8. The predicted molar refractivity (Wildman–Crippen MR) is 116 cm³/mol. The zero-order chi connectivity index (χ0) is 24.2. The third-order valence-electron chi connectivity index (χ3n) is 6.16. The van der Waals surface area contributed by atoms with Crippen LogP contribution >= 0.6 is 0 Å². The summed E-state index contributed by atoms with van der Waals surface area (Å²) in [5, 5.41) is 0.00870. The first-order valence-electron chi connectivity index (χ1n) is 10.6. The van der Waals surface area contributed by atoms with Gasteiger partial charge in [-0.15, -0.1) is 0 Å². The maximum atomic E-state index is 12.4. The van der Waals surface area contributed by atoms with Crippen LogP contribution in [-0.4, -0.2) is 41.4 Å². The number of ketones is 4. The number of nitrogens with zero attached hydrogens (tertiary/aromatic N) is 1. The summed E-state index contributed by atoms with van der Waals surface area (Å²) < 4.78 is 0. The molecule has 8 heteroatoms. The van der Waals surface area contributed by atoms with Gasteiger partial charge in [-0.05, 0) is 67.2 Å². The van der Waals surface area contributed by atoms with Crippen LogP contribution in [0, 0.1) is 4.91 Å². The molecule has 0 fully saturated rings. The summed E-state index contributed by atoms with van der Waals surface area (Å²) in [4.78, 5) is 70.6. The minimum Gasteiger partial charge on any atom is -0.289 e. The Labute approximate surface area is 187 Å². The molecule has 172 valence electrons. The Kier molecular flexibility index (Phi) is 8.19. The molecule has 0 amide bonds. The highest BCUT2D eigenvalue weighted by molar-refractivity contribution is 6.25. The van der Waals surface area contributed by atoms with Crippen LogP contribution in [0.25, 0.3) is 0 Å². The molecule has 0 aromatic rings. The molecule has 0 saturated carbocycles. The third kappa shape index (κ3) is 5.18. The molecule has 0 saturated heterocycles. The van der Waals surface area contributed by atoms with Gasteiger partial charge < -0.3 is 0 Å². The summed E-state index contributed by atoms with van der Waals surface area (Å²) in [7, 11) is 0. The molecule has 0 radical (unpaired) electrons. The molecule has 0 aromatic carbocycles. The van der Waals surface area contributed by atoms with E-state index in [0.29, 0.717) is 70.3 Å². The highest BCUT2D eigenvalue weighted by Crippen LogP contribution is 2.28. The molecule has 2 rings (SSSR count). The van der Waals surface area contributed by atoms with Crippen molar-refractivity contribution in [3.05, 3.63) is 49.5 Å². The second-order valence-electron chi connectivity index (χ2n) is 8.12. The van der Waals surface area contributed by atoms with Gasteiger partial charge in [0.2, 0.25) is 0 Å². The lowest BCUT2D eigenvalue weighted by molar-refractivity contribution is -0.981. The van der Waals surface area contributed by atoms with E-state index < -0.39 is 0 Å². The van der Waals surface area contributed by atoms with E-state index in [9.17, 15) is 24.1 Å². The molecule has 0 heterocycles. The SMILES string of the molecule is CC1=C(C)C(=O)C(CCCO[N+](=O)OCCCC2=C(C)C(=O)C(C)=C(C)C2=O)=C(C)C1=O. The van der Waals surface area contributed by atoms with Crippen molar-refractivity contribution >= 4 is 23.1 Å². The fraction of sp³-hybridized carbons (Fsp3) is 0.500. The summed E-state index contributed by atoms with van der Waals surface area (Å²) in [6.45, 7) is 9.87. The molecule has 8 nitrogen and oxygen atoms in total. The van der Waals surface area contributed by atoms with Crippen molar-refractivity contribution in [1.29, 1.82) is 0 Å². The zero-order valence-corrected chi connectivity index (χ0v) is 19.5. The molecule has 0 bridgehead atoms. The molecule has 32 heavy (non-hydrogen) atoms. The first-order valence-corrected chi connectivity index (χ1v) is 10.6. The summed E-state index contributed by atoms with van der Waals surface area (Å²) in [6.07, 6.45) is 1.39. The van der Waals surface area contributed by atoms with Crippen molar-refractivity contribution in [2.24, 2.45) is 0 Å². The van der Waals surface area contributed by atoms with Gasteiger partial charge in [-0.25, -0.2) is 0 Å². The van der Waals surface area contributed by atoms with Crippen molar-refractivity contribution in [3.8, 4) is 0 Å². The van der Waals surface area contributed by atoms with Gasteiger partial charge in [0, 0.05) is 44.6 Å². The lowest BCUT2D eigenvalue weighted by atomic mass is 9.84. The number of carbonyl (C=O) groups excluding carboxylic acids is 4. The maximum absolute atomic E-state index is 12.4. The highest BCUT2D eigenvalue weighted by Gasteiger charge is 2.28. The Balaban J connectivity index is 1.73. The Hall–Kier alpha value is -3.16. The topological polar surface area (TPSA) is 107 Å². The molecule has 0 unspecified atom stereocenters. The third-order valence-corrected chi connectivity index (χ3v) is 6.16. The summed E-state index contributed by atoms with van der Waals surface area (Å²) in [6, 6.07) is 0. The minimum atomic E-state index is -0.143. The van der Waals surface area contributed by atoms with Gasteiger partial charge in [-0.3, -0.25) is 19.2 Å². The van der Waals surface area contributed by atoms with E-state index in [1.165, 1.54) is 0 Å². The predicted octanol–water partition coefficient (Wildman–Crippen LogP) is 3.80. The Morgan fingerprint density at radius 2 is 0.844 bits per heavy atom. The van der Waals surface area contributed by atoms with E-state index >= 15 is 0 Å². The Morgan fingerprint density at radius 1 is 0.531 bits per heavy atom. The number of hydrogen-bond donors (Lipinski definition) is 0. The molecule has 0 atom stereocenters. The number of hydrogen-bond acceptors (Lipinski definition) is 7. The van der Waals surface area contributed by atoms with Gasteiger partial charge in [0.15, 0.2) is 36.3 Å². The van der Waals surface area contributed by atoms with Crippen molar-refractivity contribution in [2.45, 2.75) is 67.2 Å². The van der Waals surface area contributed by atoms with Crippen LogP contribution in [0.5, 0.6) is 0 Å². The average molecular weight is 445 g/mol. The average Bonchev–Trinajstić information content (AvgIpc) is 2.77. The van der Waals surface area contributed by atoms with Crippen molar-refractivity contribution in [2.75, 3.05) is 13.2 Å². The normalized spacial score (nSPS) is 17.7. The maximum Gasteiger partial charge on any atom is 0.477 e.